The summed E-state index contributed by atoms with van der Waals surface area (Å²) in [4.78, 5) is -0.810. The lowest BCUT2D eigenvalue weighted by molar-refractivity contribution is -0.136. The van der Waals surface area contributed by atoms with E-state index in [0.717, 1.165) is 12.1 Å². The van der Waals surface area contributed by atoms with Crippen molar-refractivity contribution in [3.8, 4) is 0 Å². The van der Waals surface area contributed by atoms with Crippen LogP contribution in [0.3, 0.4) is 0 Å². The Hall–Kier alpha value is -0.990. The molecule has 0 aromatic heterocycles. The van der Waals surface area contributed by atoms with Crippen LogP contribution in [0.25, 0.3) is 0 Å². The summed E-state index contributed by atoms with van der Waals surface area (Å²) < 4.78 is 59.3. The molecule has 0 amide bonds. The van der Waals surface area contributed by atoms with Gasteiger partial charge in [0.15, 0.2) is 0 Å². The number of halogens is 4. The summed E-state index contributed by atoms with van der Waals surface area (Å²) in [6, 6.07) is 1.61. The second-order valence-electron chi connectivity index (χ2n) is 2.88. The summed E-state index contributed by atoms with van der Waals surface area (Å²) in [6.07, 6.45) is -4.85. The number of nitrogens with two attached hydrogens (primary N) is 2. The lowest BCUT2D eigenvalue weighted by atomic mass is 10.2. The Labute approximate surface area is 94.0 Å². The molecule has 0 saturated carbocycles. The van der Waals surface area contributed by atoms with E-state index >= 15 is 0 Å². The second kappa shape index (κ2) is 3.79. The third-order valence-electron chi connectivity index (χ3n) is 1.73. The maximum Gasteiger partial charge on any atom is 0.419 e. The van der Waals surface area contributed by atoms with Gasteiger partial charge < -0.3 is 5.73 Å². The van der Waals surface area contributed by atoms with Gasteiger partial charge in [-0.15, -0.1) is 0 Å². The lowest BCUT2D eigenvalue weighted by Crippen LogP contribution is -2.17. The third-order valence-corrected chi connectivity index (χ3v) is 3.19. The van der Waals surface area contributed by atoms with Gasteiger partial charge in [-0.2, -0.15) is 13.2 Å². The van der Waals surface area contributed by atoms with E-state index in [4.69, 9.17) is 22.5 Å². The predicted octanol–water partition coefficient (Wildman–Crippen LogP) is 1.59. The van der Waals surface area contributed by atoms with Crippen molar-refractivity contribution in [2.75, 3.05) is 5.73 Å². The molecule has 1 rings (SSSR count). The summed E-state index contributed by atoms with van der Waals surface area (Å²) in [5, 5.41) is 3.68. The van der Waals surface area contributed by atoms with Crippen molar-refractivity contribution >= 4 is 27.3 Å². The van der Waals surface area contributed by atoms with Crippen LogP contribution < -0.4 is 10.9 Å². The number of hydrogen-bond acceptors (Lipinski definition) is 3. The number of primary sulfonamides is 1. The molecule has 0 aliphatic heterocycles. The minimum Gasteiger partial charge on any atom is -0.398 e. The van der Waals surface area contributed by atoms with Gasteiger partial charge in [-0.1, -0.05) is 11.6 Å². The van der Waals surface area contributed by atoms with Crippen LogP contribution in [0.4, 0.5) is 18.9 Å². The monoisotopic (exact) mass is 274 g/mol. The summed E-state index contributed by atoms with van der Waals surface area (Å²) in [5.41, 5.74) is 3.02. The molecule has 16 heavy (non-hydrogen) atoms. The summed E-state index contributed by atoms with van der Waals surface area (Å²) in [7, 11) is -4.32. The van der Waals surface area contributed by atoms with E-state index in [1.807, 2.05) is 0 Å². The van der Waals surface area contributed by atoms with Gasteiger partial charge >= 0.3 is 6.18 Å². The van der Waals surface area contributed by atoms with Gasteiger partial charge in [0.25, 0.3) is 0 Å². The normalized spacial score (nSPS) is 12.8. The van der Waals surface area contributed by atoms with E-state index in [1.54, 1.807) is 0 Å². The number of benzene rings is 1. The summed E-state index contributed by atoms with van der Waals surface area (Å²) in [6.45, 7) is 0. The van der Waals surface area contributed by atoms with E-state index < -0.39 is 37.4 Å². The van der Waals surface area contributed by atoms with E-state index in [0.29, 0.717) is 0 Å². The molecule has 0 atom stereocenters. The Balaban J connectivity index is 3.65. The zero-order valence-corrected chi connectivity index (χ0v) is 9.12. The van der Waals surface area contributed by atoms with Crippen molar-refractivity contribution in [2.45, 2.75) is 11.1 Å². The molecule has 0 aliphatic rings. The maximum absolute atomic E-state index is 12.5. The molecule has 4 nitrogen and oxygen atoms in total. The molecule has 0 radical (unpaired) electrons. The average Bonchev–Trinajstić information content (AvgIpc) is 1.97. The molecule has 0 bridgehead atoms. The molecule has 1 aromatic rings. The van der Waals surface area contributed by atoms with Crippen molar-refractivity contribution in [2.24, 2.45) is 5.14 Å². The van der Waals surface area contributed by atoms with Gasteiger partial charge in [-0.3, -0.25) is 0 Å². The largest absolute Gasteiger partial charge is 0.419 e. The van der Waals surface area contributed by atoms with E-state index in [2.05, 4.69) is 0 Å². The molecular weight excluding hydrogens is 269 g/mol. The highest BCUT2D eigenvalue weighted by atomic mass is 35.5. The zero-order valence-electron chi connectivity index (χ0n) is 7.55. The smallest absolute Gasteiger partial charge is 0.398 e. The third kappa shape index (κ3) is 2.39. The highest BCUT2D eigenvalue weighted by Gasteiger charge is 2.37. The Morgan fingerprint density at radius 2 is 1.75 bits per heavy atom. The Kier molecular flexibility index (Phi) is 3.10. The van der Waals surface area contributed by atoms with Crippen LogP contribution in [0, 0.1) is 0 Å². The molecule has 90 valence electrons. The predicted molar refractivity (Wildman–Crippen MR) is 52.2 cm³/mol. The molecular formula is C7H6ClF3N2O2S. The zero-order chi connectivity index (χ0) is 12.7. The standard InChI is InChI=1S/C7H6ClF3N2O2S/c8-6-4(16(13,14)15)2-1-3(12)5(6)7(9,10)11/h1-2H,12H2,(H2,13,14,15). The lowest BCUT2D eigenvalue weighted by Gasteiger charge is -2.13. The summed E-state index contributed by atoms with van der Waals surface area (Å²) in [5.74, 6) is 0. The molecule has 0 unspecified atom stereocenters. The van der Waals surface area contributed by atoms with E-state index in [1.165, 1.54) is 0 Å². The van der Waals surface area contributed by atoms with Crippen LogP contribution in [-0.4, -0.2) is 8.42 Å². The molecule has 0 heterocycles. The molecule has 0 aliphatic carbocycles. The van der Waals surface area contributed by atoms with Gasteiger partial charge in [-0.25, -0.2) is 13.6 Å². The van der Waals surface area contributed by atoms with Crippen LogP contribution >= 0.6 is 11.6 Å². The number of rotatable bonds is 1. The Morgan fingerprint density at radius 1 is 1.25 bits per heavy atom. The highest BCUT2D eigenvalue weighted by Crippen LogP contribution is 2.41. The number of nitrogen functional groups attached to an aromatic ring is 1. The highest BCUT2D eigenvalue weighted by molar-refractivity contribution is 7.89. The fourth-order valence-corrected chi connectivity index (χ4v) is 2.29. The van der Waals surface area contributed by atoms with Crippen LogP contribution in [-0.2, 0) is 16.2 Å². The number of sulfonamides is 1. The number of hydrogen-bond donors (Lipinski definition) is 2. The van der Waals surface area contributed by atoms with Crippen LogP contribution in [0.5, 0.6) is 0 Å². The molecule has 9 heteroatoms. The molecule has 4 N–H and O–H groups in total. The van der Waals surface area contributed by atoms with Crippen LogP contribution in [0.1, 0.15) is 5.56 Å². The van der Waals surface area contributed by atoms with Crippen LogP contribution in [0.15, 0.2) is 17.0 Å². The van der Waals surface area contributed by atoms with Crippen molar-refractivity contribution in [1.29, 1.82) is 0 Å². The van der Waals surface area contributed by atoms with Gasteiger partial charge in [0.05, 0.1) is 10.6 Å². The number of alkyl halides is 3. The minimum atomic E-state index is -4.85. The first-order chi connectivity index (χ1) is 7.05. The molecule has 0 spiro atoms. The van der Waals surface area contributed by atoms with Gasteiger partial charge in [0.1, 0.15) is 4.90 Å². The van der Waals surface area contributed by atoms with Crippen molar-refractivity contribution < 1.29 is 21.6 Å². The fraction of sp³-hybridized carbons (Fsp3) is 0.143. The average molecular weight is 275 g/mol. The quantitative estimate of drug-likeness (QED) is 0.763. The molecule has 0 fully saturated rings. The van der Waals surface area contributed by atoms with Gasteiger partial charge in [-0.05, 0) is 12.1 Å². The topological polar surface area (TPSA) is 86.2 Å². The summed E-state index contributed by atoms with van der Waals surface area (Å²) >= 11 is 5.32. The van der Waals surface area contributed by atoms with Crippen molar-refractivity contribution in [3.05, 3.63) is 22.7 Å². The minimum absolute atomic E-state index is 0.662. The Morgan fingerprint density at radius 3 is 2.12 bits per heavy atom. The SMILES string of the molecule is Nc1ccc(S(N)(=O)=O)c(Cl)c1C(F)(F)F. The van der Waals surface area contributed by atoms with Gasteiger partial charge in [0.2, 0.25) is 10.0 Å². The van der Waals surface area contributed by atoms with Gasteiger partial charge in [0, 0.05) is 5.69 Å². The number of anilines is 1. The van der Waals surface area contributed by atoms with Crippen molar-refractivity contribution in [1.82, 2.24) is 0 Å². The first-order valence-corrected chi connectivity index (χ1v) is 5.65. The fourth-order valence-electron chi connectivity index (χ4n) is 1.08. The molecule has 0 saturated heterocycles. The molecule has 1 aromatic carbocycles. The van der Waals surface area contributed by atoms with E-state index in [9.17, 15) is 21.6 Å². The van der Waals surface area contributed by atoms with Crippen molar-refractivity contribution in [3.63, 3.8) is 0 Å². The second-order valence-corrected chi connectivity index (χ2v) is 4.79. The Bertz CT molecular complexity index is 527. The maximum atomic E-state index is 12.5. The first-order valence-electron chi connectivity index (χ1n) is 3.73. The van der Waals surface area contributed by atoms with Crippen LogP contribution in [0.2, 0.25) is 5.02 Å². The van der Waals surface area contributed by atoms with E-state index in [-0.39, 0.29) is 0 Å². The first kappa shape index (κ1) is 13.1.